The quantitative estimate of drug-likeness (QED) is 0.420. The third-order valence-corrected chi connectivity index (χ3v) is 10.5. The van der Waals surface area contributed by atoms with E-state index >= 15 is 0 Å². The van der Waals surface area contributed by atoms with E-state index in [2.05, 4.69) is 82.6 Å². The number of allylic oxidation sites excluding steroid dienone is 2. The van der Waals surface area contributed by atoms with Crippen LogP contribution in [0.3, 0.4) is 0 Å². The maximum atomic E-state index is 10.6. The maximum Gasteiger partial charge on any atom is 0.0860 e. The Labute approximate surface area is 218 Å². The molecule has 2 heterocycles. The number of ether oxygens (including phenoxy) is 1. The Hall–Kier alpha value is -1.84. The van der Waals surface area contributed by atoms with Crippen LogP contribution in [0.2, 0.25) is 0 Å². The van der Waals surface area contributed by atoms with Crippen molar-refractivity contribution in [2.45, 2.75) is 110 Å². The molecule has 0 bridgehead atoms. The van der Waals surface area contributed by atoms with Crippen molar-refractivity contribution in [3.8, 4) is 0 Å². The summed E-state index contributed by atoms with van der Waals surface area (Å²) < 4.78 is 6.59. The third-order valence-electron chi connectivity index (χ3n) is 10.5. The summed E-state index contributed by atoms with van der Waals surface area (Å²) in [4.78, 5) is 3.77. The SMILES string of the molecule is C=CC(C)(C)c1[nH]c2ccccc2c1C[C@@H]1CC[C@@H]2C(=CC[C@@H]3O[C@H](C(C)(C)O)CC[C@]32C)C1(C)C. The van der Waals surface area contributed by atoms with Gasteiger partial charge in [0, 0.05) is 27.4 Å². The van der Waals surface area contributed by atoms with Crippen molar-refractivity contribution < 1.29 is 9.84 Å². The minimum Gasteiger partial charge on any atom is -0.388 e. The van der Waals surface area contributed by atoms with Crippen molar-refractivity contribution in [1.82, 2.24) is 4.98 Å². The van der Waals surface area contributed by atoms with Crippen molar-refractivity contribution in [2.24, 2.45) is 22.7 Å². The van der Waals surface area contributed by atoms with Crippen LogP contribution in [0.15, 0.2) is 48.6 Å². The van der Waals surface area contributed by atoms with Gasteiger partial charge < -0.3 is 14.8 Å². The molecule has 0 unspecified atom stereocenters. The molecule has 0 spiro atoms. The maximum absolute atomic E-state index is 10.6. The first-order chi connectivity index (χ1) is 16.8. The largest absolute Gasteiger partial charge is 0.388 e. The number of benzene rings is 1. The monoisotopic (exact) mass is 489 g/mol. The summed E-state index contributed by atoms with van der Waals surface area (Å²) in [5.74, 6) is 1.16. The van der Waals surface area contributed by atoms with Crippen LogP contribution in [0.25, 0.3) is 10.9 Å². The summed E-state index contributed by atoms with van der Waals surface area (Å²) in [6.07, 6.45) is 11.3. The van der Waals surface area contributed by atoms with Gasteiger partial charge >= 0.3 is 0 Å². The number of aromatic amines is 1. The number of H-pyrrole nitrogens is 1. The number of rotatable bonds is 5. The molecule has 5 rings (SSSR count). The predicted molar refractivity (Wildman–Crippen MR) is 150 cm³/mol. The minimum atomic E-state index is -0.779. The molecule has 2 fully saturated rings. The average Bonchev–Trinajstić information content (AvgIpc) is 3.19. The Balaban J connectivity index is 1.47. The number of hydrogen-bond donors (Lipinski definition) is 2. The zero-order valence-corrected chi connectivity index (χ0v) is 23.6. The van der Waals surface area contributed by atoms with Gasteiger partial charge in [0.05, 0.1) is 17.8 Å². The number of para-hydroxylation sites is 1. The van der Waals surface area contributed by atoms with E-state index in [-0.39, 0.29) is 28.5 Å². The number of aliphatic hydroxyl groups is 1. The highest BCUT2D eigenvalue weighted by molar-refractivity contribution is 5.85. The molecule has 0 radical (unpaired) electrons. The Morgan fingerprint density at radius 2 is 1.83 bits per heavy atom. The molecule has 3 heteroatoms. The molecule has 5 atom stereocenters. The van der Waals surface area contributed by atoms with Crippen LogP contribution in [0, 0.1) is 22.7 Å². The fourth-order valence-electron chi connectivity index (χ4n) is 7.83. The summed E-state index contributed by atoms with van der Waals surface area (Å²) >= 11 is 0. The van der Waals surface area contributed by atoms with Crippen molar-refractivity contribution >= 4 is 10.9 Å². The smallest absolute Gasteiger partial charge is 0.0860 e. The minimum absolute atomic E-state index is 0.0663. The molecule has 36 heavy (non-hydrogen) atoms. The summed E-state index contributed by atoms with van der Waals surface area (Å²) in [5.41, 5.74) is 5.10. The van der Waals surface area contributed by atoms with Gasteiger partial charge in [-0.05, 0) is 81.3 Å². The first kappa shape index (κ1) is 25.8. The topological polar surface area (TPSA) is 45.2 Å². The zero-order chi connectivity index (χ0) is 26.1. The van der Waals surface area contributed by atoms with Gasteiger partial charge in [-0.2, -0.15) is 0 Å². The first-order valence-corrected chi connectivity index (χ1v) is 14.1. The lowest BCUT2D eigenvalue weighted by Gasteiger charge is -2.58. The highest BCUT2D eigenvalue weighted by Gasteiger charge is 2.55. The molecule has 1 saturated carbocycles. The van der Waals surface area contributed by atoms with Crippen LogP contribution in [-0.4, -0.2) is 27.9 Å². The molecule has 1 aromatic heterocycles. The molecule has 2 N–H and O–H groups in total. The molecule has 196 valence electrons. The van der Waals surface area contributed by atoms with Gasteiger partial charge in [-0.1, -0.05) is 70.5 Å². The van der Waals surface area contributed by atoms with Crippen molar-refractivity contribution in [3.63, 3.8) is 0 Å². The number of hydrogen-bond acceptors (Lipinski definition) is 2. The lowest BCUT2D eigenvalue weighted by Crippen LogP contribution is -2.56. The second-order valence-electron chi connectivity index (χ2n) is 13.9. The number of nitrogens with one attached hydrogen (secondary N) is 1. The van der Waals surface area contributed by atoms with Gasteiger partial charge in [-0.15, -0.1) is 6.58 Å². The Bertz CT molecular complexity index is 1180. The fraction of sp³-hybridized carbons (Fsp3) is 0.636. The molecule has 3 nitrogen and oxygen atoms in total. The van der Waals surface area contributed by atoms with E-state index in [4.69, 9.17) is 4.74 Å². The Morgan fingerprint density at radius 1 is 1.11 bits per heavy atom. The van der Waals surface area contributed by atoms with E-state index in [1.807, 2.05) is 13.8 Å². The normalized spacial score (nSPS) is 32.5. The summed E-state index contributed by atoms with van der Waals surface area (Å²) in [5, 5.41) is 12.0. The fourth-order valence-corrected chi connectivity index (χ4v) is 7.83. The van der Waals surface area contributed by atoms with Crippen molar-refractivity contribution in [3.05, 3.63) is 59.8 Å². The molecule has 0 amide bonds. The van der Waals surface area contributed by atoms with E-state index in [9.17, 15) is 5.11 Å². The highest BCUT2D eigenvalue weighted by atomic mass is 16.5. The van der Waals surface area contributed by atoms with Crippen molar-refractivity contribution in [2.75, 3.05) is 0 Å². The molecule has 3 aliphatic rings. The summed E-state index contributed by atoms with van der Waals surface area (Å²) in [6, 6.07) is 8.78. The lowest BCUT2D eigenvalue weighted by molar-refractivity contribution is -0.199. The van der Waals surface area contributed by atoms with Crippen LogP contribution in [-0.2, 0) is 16.6 Å². The Kier molecular flexibility index (Phi) is 6.16. The lowest BCUT2D eigenvalue weighted by atomic mass is 9.50. The predicted octanol–water partition coefficient (Wildman–Crippen LogP) is 7.88. The molecule has 2 aromatic rings. The van der Waals surface area contributed by atoms with Gasteiger partial charge in [0.2, 0.25) is 0 Å². The zero-order valence-electron chi connectivity index (χ0n) is 23.6. The molecular weight excluding hydrogens is 442 g/mol. The van der Waals surface area contributed by atoms with Gasteiger partial charge in [-0.3, -0.25) is 0 Å². The van der Waals surface area contributed by atoms with E-state index in [1.165, 1.54) is 35.0 Å². The summed E-state index contributed by atoms with van der Waals surface area (Å²) in [7, 11) is 0. The van der Waals surface area contributed by atoms with Crippen LogP contribution in [0.4, 0.5) is 0 Å². The third kappa shape index (κ3) is 4.02. The van der Waals surface area contributed by atoms with Crippen LogP contribution < -0.4 is 0 Å². The summed E-state index contributed by atoms with van der Waals surface area (Å²) in [6.45, 7) is 19.9. The van der Waals surface area contributed by atoms with E-state index in [0.29, 0.717) is 11.8 Å². The standard InChI is InChI=1S/C33H47NO2/c1-9-30(2,3)29-23(22-12-10-11-13-26(22)34-29)20-21-14-15-25-24(31(21,4)5)16-17-28-33(25,8)19-18-27(36-28)32(6,7)35/h9-13,16,21,25,27-28,34-35H,1,14-15,17-20H2,2-8H3/t21-,25+,27-,28-,33-/m0/s1. The molecular formula is C33H47NO2. The van der Waals surface area contributed by atoms with Gasteiger partial charge in [-0.25, -0.2) is 0 Å². The molecule has 1 aromatic carbocycles. The van der Waals surface area contributed by atoms with Gasteiger partial charge in [0.25, 0.3) is 0 Å². The first-order valence-electron chi connectivity index (χ1n) is 14.1. The van der Waals surface area contributed by atoms with E-state index in [1.54, 1.807) is 5.57 Å². The second-order valence-corrected chi connectivity index (χ2v) is 13.9. The number of fused-ring (bicyclic) bond motifs is 4. The van der Waals surface area contributed by atoms with Crippen LogP contribution in [0.5, 0.6) is 0 Å². The van der Waals surface area contributed by atoms with Crippen molar-refractivity contribution in [1.29, 1.82) is 0 Å². The molecule has 1 saturated heterocycles. The highest BCUT2D eigenvalue weighted by Crippen LogP contribution is 2.61. The average molecular weight is 490 g/mol. The molecule has 2 aliphatic carbocycles. The second kappa shape index (κ2) is 8.60. The van der Waals surface area contributed by atoms with Crippen LogP contribution >= 0.6 is 0 Å². The van der Waals surface area contributed by atoms with Crippen LogP contribution in [0.1, 0.15) is 91.8 Å². The molecule has 1 aliphatic heterocycles. The number of aromatic nitrogens is 1. The van der Waals surface area contributed by atoms with Gasteiger partial charge in [0.15, 0.2) is 0 Å². The Morgan fingerprint density at radius 3 is 2.53 bits per heavy atom. The van der Waals surface area contributed by atoms with Gasteiger partial charge in [0.1, 0.15) is 0 Å². The van der Waals surface area contributed by atoms with E-state index < -0.39 is 5.60 Å². The van der Waals surface area contributed by atoms with E-state index in [0.717, 1.165) is 25.7 Å².